The van der Waals surface area contributed by atoms with Gasteiger partial charge in [0.05, 0.1) is 6.20 Å². The van der Waals surface area contributed by atoms with E-state index >= 15 is 0 Å². The molecule has 0 fully saturated rings. The molecule has 1 N–H and O–H groups in total. The summed E-state index contributed by atoms with van der Waals surface area (Å²) in [7, 11) is 0. The Hall–Kier alpha value is -2.37. The first-order valence-corrected chi connectivity index (χ1v) is 4.00. The molecule has 0 amide bonds. The Bertz CT molecular complexity index is 367. The Morgan fingerprint density at radius 2 is 1.80 bits per heavy atom. The number of carboxylic acids is 1. The Morgan fingerprint density at radius 1 is 1.07 bits per heavy atom. The van der Waals surface area contributed by atoms with Gasteiger partial charge in [-0.1, -0.05) is 0 Å². The fraction of sp³-hybridized carbons (Fsp3) is 0. The van der Waals surface area contributed by atoms with Gasteiger partial charge >= 0.3 is 5.97 Å². The van der Waals surface area contributed by atoms with Crippen LogP contribution < -0.4 is 0 Å². The summed E-state index contributed by atoms with van der Waals surface area (Å²) in [6.07, 6.45) is 8.83. The van der Waals surface area contributed by atoms with E-state index in [1.807, 2.05) is 0 Å². The molecule has 0 aliphatic carbocycles. The first kappa shape index (κ1) is 10.7. The molecule has 2 aromatic heterocycles. The summed E-state index contributed by atoms with van der Waals surface area (Å²) in [4.78, 5) is 24.5. The molecule has 6 nitrogen and oxygen atoms in total. The minimum atomic E-state index is -1.05. The standard InChI is InChI=1S/C5H4N2O2.C4H4N2/c8-5(9)4-3-6-1-2-7-4;1-2-5-4-6-3-1/h1-3H,(H,8,9);1-4H. The number of hydrogen-bond acceptors (Lipinski definition) is 5. The lowest BCUT2D eigenvalue weighted by atomic mass is 10.5. The van der Waals surface area contributed by atoms with Gasteiger partial charge in [-0.2, -0.15) is 0 Å². The fourth-order valence-electron chi connectivity index (χ4n) is 0.663. The van der Waals surface area contributed by atoms with Crippen molar-refractivity contribution in [2.45, 2.75) is 0 Å². The summed E-state index contributed by atoms with van der Waals surface area (Å²) in [5.41, 5.74) is -0.0301. The SMILES string of the molecule is O=C(O)c1cnccn1.c1cncnc1. The maximum atomic E-state index is 10.1. The average Bonchev–Trinajstić information content (AvgIpc) is 2.33. The van der Waals surface area contributed by atoms with E-state index in [9.17, 15) is 4.79 Å². The molecule has 0 bridgehead atoms. The molecular formula is C9H8N4O2. The number of aromatic carboxylic acids is 1. The minimum absolute atomic E-state index is 0.0301. The van der Waals surface area contributed by atoms with Crippen molar-refractivity contribution in [3.63, 3.8) is 0 Å². The van der Waals surface area contributed by atoms with E-state index in [0.29, 0.717) is 0 Å². The molecule has 6 heteroatoms. The summed E-state index contributed by atoms with van der Waals surface area (Å²) < 4.78 is 0. The van der Waals surface area contributed by atoms with Crippen molar-refractivity contribution >= 4 is 5.97 Å². The normalized spacial score (nSPS) is 8.53. The smallest absolute Gasteiger partial charge is 0.356 e. The van der Waals surface area contributed by atoms with Crippen LogP contribution in [0.2, 0.25) is 0 Å². The van der Waals surface area contributed by atoms with Crippen LogP contribution in [0, 0.1) is 0 Å². The predicted molar refractivity (Wildman–Crippen MR) is 51.0 cm³/mol. The van der Waals surface area contributed by atoms with Crippen molar-refractivity contribution in [1.82, 2.24) is 19.9 Å². The van der Waals surface area contributed by atoms with Crippen molar-refractivity contribution < 1.29 is 9.90 Å². The van der Waals surface area contributed by atoms with Crippen LogP contribution in [-0.4, -0.2) is 31.0 Å². The number of carboxylic acid groups (broad SMARTS) is 1. The number of aromatic nitrogens is 4. The highest BCUT2D eigenvalue weighted by Crippen LogP contribution is 1.86. The van der Waals surface area contributed by atoms with E-state index in [1.165, 1.54) is 24.9 Å². The van der Waals surface area contributed by atoms with E-state index in [-0.39, 0.29) is 5.69 Å². The van der Waals surface area contributed by atoms with Crippen LogP contribution in [0.25, 0.3) is 0 Å². The monoisotopic (exact) mass is 204 g/mol. The zero-order valence-electron chi connectivity index (χ0n) is 7.69. The van der Waals surface area contributed by atoms with Gasteiger partial charge in [0, 0.05) is 24.8 Å². The van der Waals surface area contributed by atoms with Gasteiger partial charge in [-0.25, -0.2) is 19.7 Å². The number of rotatable bonds is 1. The number of hydrogen-bond donors (Lipinski definition) is 1. The maximum Gasteiger partial charge on any atom is 0.356 e. The van der Waals surface area contributed by atoms with Crippen LogP contribution in [0.1, 0.15) is 10.5 Å². The van der Waals surface area contributed by atoms with E-state index in [0.717, 1.165) is 0 Å². The third kappa shape index (κ3) is 4.41. The summed E-state index contributed by atoms with van der Waals surface area (Å²) in [6, 6.07) is 1.78. The lowest BCUT2D eigenvalue weighted by molar-refractivity contribution is 0.0690. The predicted octanol–water partition coefficient (Wildman–Crippen LogP) is 0.651. The average molecular weight is 204 g/mol. The Balaban J connectivity index is 0.000000162. The molecule has 2 rings (SSSR count). The minimum Gasteiger partial charge on any atom is -0.476 e. The van der Waals surface area contributed by atoms with Crippen molar-refractivity contribution in [2.75, 3.05) is 0 Å². The molecule has 0 atom stereocenters. The summed E-state index contributed by atoms with van der Waals surface area (Å²) in [5.74, 6) is -1.05. The highest BCUT2D eigenvalue weighted by Gasteiger charge is 2.00. The van der Waals surface area contributed by atoms with Gasteiger partial charge in [0.1, 0.15) is 6.33 Å². The van der Waals surface area contributed by atoms with Crippen LogP contribution in [-0.2, 0) is 0 Å². The molecule has 0 saturated carbocycles. The highest BCUT2D eigenvalue weighted by atomic mass is 16.4. The second-order valence-corrected chi connectivity index (χ2v) is 2.30. The molecule has 0 radical (unpaired) electrons. The van der Waals surface area contributed by atoms with Gasteiger partial charge in [0.25, 0.3) is 0 Å². The molecule has 2 aromatic rings. The molecule has 0 aliphatic rings. The molecule has 0 saturated heterocycles. The molecule has 0 spiro atoms. The quantitative estimate of drug-likeness (QED) is 0.733. The third-order valence-corrected chi connectivity index (χ3v) is 1.26. The summed E-state index contributed by atoms with van der Waals surface area (Å²) >= 11 is 0. The summed E-state index contributed by atoms with van der Waals surface area (Å²) in [6.45, 7) is 0. The van der Waals surface area contributed by atoms with E-state index in [1.54, 1.807) is 18.5 Å². The molecule has 2 heterocycles. The van der Waals surface area contributed by atoms with Gasteiger partial charge in [-0.05, 0) is 6.07 Å². The van der Waals surface area contributed by atoms with Gasteiger partial charge in [0.2, 0.25) is 0 Å². The van der Waals surface area contributed by atoms with Gasteiger partial charge in [-0.15, -0.1) is 0 Å². The lowest BCUT2D eigenvalue weighted by Gasteiger charge is -1.86. The van der Waals surface area contributed by atoms with E-state index in [2.05, 4.69) is 19.9 Å². The molecule has 0 aromatic carbocycles. The lowest BCUT2D eigenvalue weighted by Crippen LogP contribution is -1.99. The van der Waals surface area contributed by atoms with Gasteiger partial charge in [-0.3, -0.25) is 4.98 Å². The summed E-state index contributed by atoms with van der Waals surface area (Å²) in [5, 5.41) is 8.28. The fourth-order valence-corrected chi connectivity index (χ4v) is 0.663. The Kier molecular flexibility index (Phi) is 4.38. The molecule has 0 unspecified atom stereocenters. The Morgan fingerprint density at radius 3 is 2.07 bits per heavy atom. The van der Waals surface area contributed by atoms with E-state index in [4.69, 9.17) is 5.11 Å². The van der Waals surface area contributed by atoms with Crippen LogP contribution in [0.15, 0.2) is 43.4 Å². The number of nitrogens with zero attached hydrogens (tertiary/aromatic N) is 4. The first-order chi connectivity index (χ1) is 7.30. The zero-order valence-corrected chi connectivity index (χ0v) is 7.69. The van der Waals surface area contributed by atoms with Crippen LogP contribution >= 0.6 is 0 Å². The molecule has 0 aliphatic heterocycles. The van der Waals surface area contributed by atoms with Crippen molar-refractivity contribution in [2.24, 2.45) is 0 Å². The third-order valence-electron chi connectivity index (χ3n) is 1.26. The number of carbonyl (C=O) groups is 1. The maximum absolute atomic E-state index is 10.1. The largest absolute Gasteiger partial charge is 0.476 e. The highest BCUT2D eigenvalue weighted by molar-refractivity contribution is 5.84. The molecule has 15 heavy (non-hydrogen) atoms. The second-order valence-electron chi connectivity index (χ2n) is 2.30. The topological polar surface area (TPSA) is 88.9 Å². The van der Waals surface area contributed by atoms with Gasteiger partial charge in [0.15, 0.2) is 5.69 Å². The first-order valence-electron chi connectivity index (χ1n) is 4.00. The van der Waals surface area contributed by atoms with E-state index < -0.39 is 5.97 Å². The van der Waals surface area contributed by atoms with Crippen molar-refractivity contribution in [3.05, 3.63) is 49.1 Å². The van der Waals surface area contributed by atoms with Crippen LogP contribution in [0.3, 0.4) is 0 Å². The van der Waals surface area contributed by atoms with Gasteiger partial charge < -0.3 is 5.11 Å². The zero-order chi connectivity index (χ0) is 10.9. The molecule has 76 valence electrons. The van der Waals surface area contributed by atoms with Crippen molar-refractivity contribution in [1.29, 1.82) is 0 Å². The Labute approximate surface area is 85.7 Å². The van der Waals surface area contributed by atoms with Crippen LogP contribution in [0.5, 0.6) is 0 Å². The van der Waals surface area contributed by atoms with Crippen molar-refractivity contribution in [3.8, 4) is 0 Å². The second kappa shape index (κ2) is 6.14. The van der Waals surface area contributed by atoms with Crippen LogP contribution in [0.4, 0.5) is 0 Å². The molecular weight excluding hydrogens is 196 g/mol.